The Labute approximate surface area is 119 Å². The molecule has 1 N–H and O–H groups in total. The smallest absolute Gasteiger partial charge is 0.201 e. The summed E-state index contributed by atoms with van der Waals surface area (Å²) >= 11 is 0. The molecule has 114 valence electrons. The van der Waals surface area contributed by atoms with Crippen molar-refractivity contribution < 1.29 is 24.4 Å². The van der Waals surface area contributed by atoms with Gasteiger partial charge in [0.25, 0.3) is 0 Å². The summed E-state index contributed by atoms with van der Waals surface area (Å²) in [5.74, 6) is 0.437. The quantitative estimate of drug-likeness (QED) is 0.691. The van der Waals surface area contributed by atoms with Crippen LogP contribution in [0, 0.1) is 23.7 Å². The van der Waals surface area contributed by atoms with Crippen molar-refractivity contribution in [2.45, 2.75) is 70.4 Å². The van der Waals surface area contributed by atoms with Crippen LogP contribution in [0.2, 0.25) is 0 Å². The van der Waals surface area contributed by atoms with E-state index in [1.165, 1.54) is 6.42 Å². The maximum absolute atomic E-state index is 10.2. The number of rotatable bonds is 0. The van der Waals surface area contributed by atoms with Crippen LogP contribution in [-0.2, 0) is 19.2 Å². The largest absolute Gasteiger partial charge is 0.368 e. The van der Waals surface area contributed by atoms with E-state index in [0.717, 1.165) is 19.3 Å². The number of aliphatic hydroxyl groups excluding tert-OH is 1. The second kappa shape index (κ2) is 4.17. The summed E-state index contributed by atoms with van der Waals surface area (Å²) in [6.07, 6.45) is 2.72. The number of ether oxygens (including phenoxy) is 2. The normalized spacial score (nSPS) is 61.8. The highest BCUT2D eigenvalue weighted by molar-refractivity contribution is 5.08. The zero-order chi connectivity index (χ0) is 14.1. The van der Waals surface area contributed by atoms with Gasteiger partial charge >= 0.3 is 0 Å². The van der Waals surface area contributed by atoms with Gasteiger partial charge in [0.15, 0.2) is 18.2 Å². The molecule has 8 atom stereocenters. The summed E-state index contributed by atoms with van der Waals surface area (Å²) in [5, 5.41) is 10.2. The van der Waals surface area contributed by atoms with E-state index in [0.29, 0.717) is 11.8 Å². The van der Waals surface area contributed by atoms with Crippen molar-refractivity contribution in [3.05, 3.63) is 0 Å². The first-order chi connectivity index (χ1) is 9.46. The third kappa shape index (κ3) is 1.56. The third-order valence-electron chi connectivity index (χ3n) is 6.12. The Balaban J connectivity index is 1.82. The molecule has 0 radical (unpaired) electrons. The molecule has 4 heterocycles. The van der Waals surface area contributed by atoms with Gasteiger partial charge in [-0.15, -0.1) is 0 Å². The van der Waals surface area contributed by atoms with Gasteiger partial charge in [0.05, 0.1) is 0 Å². The lowest BCUT2D eigenvalue weighted by molar-refractivity contribution is -0.576. The molecule has 4 saturated heterocycles. The summed E-state index contributed by atoms with van der Waals surface area (Å²) in [6, 6.07) is 0. The van der Waals surface area contributed by atoms with Crippen molar-refractivity contribution >= 4 is 0 Å². The molecule has 0 amide bonds. The van der Waals surface area contributed by atoms with E-state index in [4.69, 9.17) is 19.2 Å². The molecule has 1 saturated carbocycles. The van der Waals surface area contributed by atoms with Crippen LogP contribution in [0.1, 0.15) is 46.5 Å². The molecular weight excluding hydrogens is 260 g/mol. The number of aliphatic hydroxyl groups is 1. The Bertz CT molecular complexity index is 411. The van der Waals surface area contributed by atoms with E-state index in [9.17, 15) is 5.11 Å². The molecule has 5 fully saturated rings. The molecular formula is C15H24O5. The lowest BCUT2D eigenvalue weighted by Gasteiger charge is -2.59. The third-order valence-corrected chi connectivity index (χ3v) is 6.12. The van der Waals surface area contributed by atoms with Gasteiger partial charge in [0.2, 0.25) is 5.79 Å². The second-order valence-corrected chi connectivity index (χ2v) is 7.30. The molecule has 0 aromatic rings. The predicted octanol–water partition coefficient (Wildman–Crippen LogP) is 2.19. The average Bonchev–Trinajstić information content (AvgIpc) is 2.63. The fourth-order valence-corrected chi connectivity index (χ4v) is 4.89. The Morgan fingerprint density at radius 1 is 1.05 bits per heavy atom. The number of hydrogen-bond donors (Lipinski definition) is 1. The van der Waals surface area contributed by atoms with Crippen molar-refractivity contribution in [2.24, 2.45) is 23.7 Å². The summed E-state index contributed by atoms with van der Waals surface area (Å²) in [7, 11) is 0. The van der Waals surface area contributed by atoms with Crippen molar-refractivity contribution in [1.82, 2.24) is 0 Å². The molecule has 0 aromatic heterocycles. The van der Waals surface area contributed by atoms with Crippen molar-refractivity contribution in [3.8, 4) is 0 Å². The van der Waals surface area contributed by atoms with E-state index < -0.39 is 24.0 Å². The van der Waals surface area contributed by atoms with E-state index in [1.807, 2.05) is 13.8 Å². The van der Waals surface area contributed by atoms with Crippen LogP contribution in [0.25, 0.3) is 0 Å². The van der Waals surface area contributed by atoms with Crippen LogP contribution in [0.3, 0.4) is 0 Å². The van der Waals surface area contributed by atoms with Crippen LogP contribution in [-0.4, -0.2) is 29.1 Å². The number of fused-ring (bicyclic) bond motifs is 2. The van der Waals surface area contributed by atoms with Crippen LogP contribution >= 0.6 is 0 Å². The molecule has 1 aliphatic carbocycles. The summed E-state index contributed by atoms with van der Waals surface area (Å²) < 4.78 is 11.9. The Morgan fingerprint density at radius 3 is 2.65 bits per heavy atom. The van der Waals surface area contributed by atoms with Gasteiger partial charge in [-0.25, -0.2) is 9.78 Å². The minimum absolute atomic E-state index is 0.0379. The molecule has 2 bridgehead atoms. The molecule has 20 heavy (non-hydrogen) atoms. The highest BCUT2D eigenvalue weighted by Crippen LogP contribution is 2.60. The Kier molecular flexibility index (Phi) is 2.81. The Hall–Kier alpha value is -0.200. The molecule has 5 rings (SSSR count). The summed E-state index contributed by atoms with van der Waals surface area (Å²) in [6.45, 7) is 6.22. The van der Waals surface area contributed by atoms with Gasteiger partial charge in [-0.3, -0.25) is 0 Å². The summed E-state index contributed by atoms with van der Waals surface area (Å²) in [5.41, 5.74) is -0.549. The van der Waals surface area contributed by atoms with Crippen molar-refractivity contribution in [3.63, 3.8) is 0 Å². The molecule has 0 aromatic carbocycles. The zero-order valence-electron chi connectivity index (χ0n) is 12.4. The van der Waals surface area contributed by atoms with Gasteiger partial charge in [-0.2, -0.15) is 0 Å². The monoisotopic (exact) mass is 284 g/mol. The first-order valence-electron chi connectivity index (χ1n) is 7.84. The highest BCUT2D eigenvalue weighted by Gasteiger charge is 2.69. The standard InChI is InChI=1S/C15H24O5/c1-8-4-5-11-9(2)12(16)17-13-15(11)10(8)6-7-14(3,18-13)19-20-15/h8-13,16H,4-7H2,1-3H3/t8-,9-,10-,11-,12+,13-,14-,15-/m1/s1. The number of hydrogen-bond acceptors (Lipinski definition) is 5. The van der Waals surface area contributed by atoms with Crippen LogP contribution in [0.4, 0.5) is 0 Å². The molecule has 5 nitrogen and oxygen atoms in total. The highest BCUT2D eigenvalue weighted by atomic mass is 17.3. The van der Waals surface area contributed by atoms with Crippen LogP contribution < -0.4 is 0 Å². The maximum Gasteiger partial charge on any atom is 0.201 e. The molecule has 0 unspecified atom stereocenters. The van der Waals surface area contributed by atoms with Crippen molar-refractivity contribution in [1.29, 1.82) is 0 Å². The first kappa shape index (κ1) is 13.5. The minimum atomic E-state index is -0.781. The van der Waals surface area contributed by atoms with Gasteiger partial charge in [-0.05, 0) is 38.0 Å². The van der Waals surface area contributed by atoms with E-state index in [1.54, 1.807) is 0 Å². The predicted molar refractivity (Wildman–Crippen MR) is 69.0 cm³/mol. The topological polar surface area (TPSA) is 57.2 Å². The van der Waals surface area contributed by atoms with E-state index in [2.05, 4.69) is 6.92 Å². The molecule has 5 aliphatic rings. The van der Waals surface area contributed by atoms with Gasteiger partial charge in [0.1, 0.15) is 0 Å². The zero-order valence-corrected chi connectivity index (χ0v) is 12.4. The second-order valence-electron chi connectivity index (χ2n) is 7.30. The summed E-state index contributed by atoms with van der Waals surface area (Å²) in [4.78, 5) is 11.6. The van der Waals surface area contributed by atoms with Crippen molar-refractivity contribution in [2.75, 3.05) is 0 Å². The SMILES string of the molecule is C[C@@H]1[C@H]2CC[C@@H](C)[C@H]3CC[C@@]4(C)OO[C@@]23[C@H](O[C@@H]1O)O4. The lowest BCUT2D eigenvalue weighted by Crippen LogP contribution is -2.70. The van der Waals surface area contributed by atoms with E-state index >= 15 is 0 Å². The average molecular weight is 284 g/mol. The fraction of sp³-hybridized carbons (Fsp3) is 1.00. The molecule has 5 heteroatoms. The molecule has 1 spiro atoms. The van der Waals surface area contributed by atoms with Crippen LogP contribution in [0.5, 0.6) is 0 Å². The van der Waals surface area contributed by atoms with Gasteiger partial charge < -0.3 is 14.6 Å². The minimum Gasteiger partial charge on any atom is -0.368 e. The van der Waals surface area contributed by atoms with E-state index in [-0.39, 0.29) is 11.8 Å². The maximum atomic E-state index is 10.2. The Morgan fingerprint density at radius 2 is 1.85 bits per heavy atom. The van der Waals surface area contributed by atoms with Crippen LogP contribution in [0.15, 0.2) is 0 Å². The lowest BCUT2D eigenvalue weighted by atomic mass is 9.58. The molecule has 4 aliphatic heterocycles. The van der Waals surface area contributed by atoms with Gasteiger partial charge in [0, 0.05) is 18.3 Å². The fourth-order valence-electron chi connectivity index (χ4n) is 4.89. The first-order valence-corrected chi connectivity index (χ1v) is 7.84. The van der Waals surface area contributed by atoms with Gasteiger partial charge in [-0.1, -0.05) is 13.8 Å².